The average Bonchev–Trinajstić information content (AvgIpc) is 2.83. The second kappa shape index (κ2) is 24.7. The summed E-state index contributed by atoms with van der Waals surface area (Å²) in [5.74, 6) is -0.206. The molecule has 1 N–H and O–H groups in total. The van der Waals surface area contributed by atoms with E-state index in [1.54, 1.807) is 0 Å². The van der Waals surface area contributed by atoms with Crippen LogP contribution in [0.5, 0.6) is 0 Å². The number of esters is 2. The Morgan fingerprint density at radius 2 is 0.857 bits per heavy atom. The van der Waals surface area contributed by atoms with Crippen LogP contribution in [0.15, 0.2) is 0 Å². The predicted octanol–water partition coefficient (Wildman–Crippen LogP) is 7.27. The number of hydrogen-bond donors (Lipinski definition) is 1. The molecule has 0 aromatic carbocycles. The Hall–Kier alpha value is -0.950. The highest BCUT2D eigenvalue weighted by Gasteiger charge is 2.19. The van der Waals surface area contributed by atoms with Crippen LogP contribution in [0.3, 0.4) is 0 Å². The molecule has 0 heterocycles. The van der Waals surface area contributed by atoms with Gasteiger partial charge in [0.1, 0.15) is 0 Å². The second-order valence-electron chi connectivity index (χ2n) is 9.03. The summed E-state index contributed by atoms with van der Waals surface area (Å²) in [5, 5.41) is 0. The number of phosphoric acid groups is 1. The summed E-state index contributed by atoms with van der Waals surface area (Å²) in [6, 6.07) is 0. The molecule has 0 atom stereocenters. The molecule has 0 rings (SSSR count). The molecule has 0 saturated heterocycles. The van der Waals surface area contributed by atoms with Crippen LogP contribution in [-0.2, 0) is 32.7 Å². The summed E-state index contributed by atoms with van der Waals surface area (Å²) in [6.45, 7) is 5.52. The van der Waals surface area contributed by atoms with Crippen molar-refractivity contribution in [3.63, 3.8) is 0 Å². The van der Waals surface area contributed by atoms with Crippen molar-refractivity contribution in [3.05, 3.63) is 0 Å². The van der Waals surface area contributed by atoms with Crippen LogP contribution in [0.2, 0.25) is 0 Å². The standard InChI is InChI=1S/C26H51O8P/c1-3-5-19-25(27)31-21-15-11-7-9-13-17-23-33-35(29,30)34-24-18-14-10-8-12-16-22-32-26(28)20-6-4-2/h3-24H2,1-2H3,(H,29,30). The van der Waals surface area contributed by atoms with E-state index in [2.05, 4.69) is 13.8 Å². The Kier molecular flexibility index (Phi) is 24.1. The number of hydrogen-bond acceptors (Lipinski definition) is 7. The van der Waals surface area contributed by atoms with Crippen molar-refractivity contribution in [2.45, 2.75) is 129 Å². The lowest BCUT2D eigenvalue weighted by atomic mass is 10.1. The summed E-state index contributed by atoms with van der Waals surface area (Å²) < 4.78 is 32.3. The van der Waals surface area contributed by atoms with Gasteiger partial charge in [-0.15, -0.1) is 0 Å². The van der Waals surface area contributed by atoms with Crippen LogP contribution in [0.25, 0.3) is 0 Å². The summed E-state index contributed by atoms with van der Waals surface area (Å²) >= 11 is 0. The lowest BCUT2D eigenvalue weighted by Gasteiger charge is -2.12. The molecule has 0 aliphatic rings. The minimum atomic E-state index is -3.97. The molecule has 208 valence electrons. The van der Waals surface area contributed by atoms with Gasteiger partial charge in [0.25, 0.3) is 0 Å². The molecular weight excluding hydrogens is 471 g/mol. The van der Waals surface area contributed by atoms with Crippen LogP contribution < -0.4 is 0 Å². The molecule has 0 spiro atoms. The summed E-state index contributed by atoms with van der Waals surface area (Å²) in [6.07, 6.45) is 16.0. The molecule has 9 heteroatoms. The first-order valence-corrected chi connectivity index (χ1v) is 15.3. The Morgan fingerprint density at radius 3 is 1.20 bits per heavy atom. The fourth-order valence-electron chi connectivity index (χ4n) is 3.38. The van der Waals surface area contributed by atoms with Crippen LogP contribution in [0, 0.1) is 0 Å². The maximum absolute atomic E-state index is 11.9. The van der Waals surface area contributed by atoms with Crippen LogP contribution >= 0.6 is 7.82 Å². The number of carbonyl (C=O) groups excluding carboxylic acids is 2. The Balaban J connectivity index is 3.41. The summed E-state index contributed by atoms with van der Waals surface area (Å²) in [4.78, 5) is 32.5. The van der Waals surface area contributed by atoms with E-state index < -0.39 is 7.82 Å². The van der Waals surface area contributed by atoms with Gasteiger partial charge in [0.2, 0.25) is 0 Å². The second-order valence-corrected chi connectivity index (χ2v) is 10.5. The van der Waals surface area contributed by atoms with Gasteiger partial charge in [-0.3, -0.25) is 18.6 Å². The van der Waals surface area contributed by atoms with E-state index >= 15 is 0 Å². The maximum atomic E-state index is 11.9. The molecular formula is C26H51O8P. The molecule has 0 radical (unpaired) electrons. The molecule has 0 aromatic heterocycles. The van der Waals surface area contributed by atoms with Gasteiger partial charge in [-0.25, -0.2) is 4.57 Å². The summed E-state index contributed by atoms with van der Waals surface area (Å²) in [7, 11) is -3.97. The molecule has 0 bridgehead atoms. The van der Waals surface area contributed by atoms with E-state index in [4.69, 9.17) is 18.5 Å². The number of rotatable bonds is 26. The van der Waals surface area contributed by atoms with Gasteiger partial charge in [0.05, 0.1) is 26.4 Å². The zero-order valence-corrected chi connectivity index (χ0v) is 23.2. The van der Waals surface area contributed by atoms with Gasteiger partial charge in [0, 0.05) is 12.8 Å². The van der Waals surface area contributed by atoms with Gasteiger partial charge in [-0.2, -0.15) is 0 Å². The third kappa shape index (κ3) is 25.9. The monoisotopic (exact) mass is 522 g/mol. The van der Waals surface area contributed by atoms with Crippen molar-refractivity contribution < 1.29 is 37.6 Å². The summed E-state index contributed by atoms with van der Waals surface area (Å²) in [5.41, 5.74) is 0. The maximum Gasteiger partial charge on any atom is 0.472 e. The molecule has 8 nitrogen and oxygen atoms in total. The van der Waals surface area contributed by atoms with Gasteiger partial charge in [0.15, 0.2) is 0 Å². The smallest absolute Gasteiger partial charge is 0.466 e. The zero-order chi connectivity index (χ0) is 26.0. The normalized spacial score (nSPS) is 11.5. The third-order valence-corrected chi connectivity index (χ3v) is 6.60. The van der Waals surface area contributed by atoms with Crippen molar-refractivity contribution in [1.29, 1.82) is 0 Å². The topological polar surface area (TPSA) is 108 Å². The minimum Gasteiger partial charge on any atom is -0.466 e. The number of phosphoric ester groups is 1. The fourth-order valence-corrected chi connectivity index (χ4v) is 4.17. The van der Waals surface area contributed by atoms with E-state index in [9.17, 15) is 19.0 Å². The lowest BCUT2D eigenvalue weighted by molar-refractivity contribution is -0.144. The third-order valence-electron chi connectivity index (χ3n) is 5.58. The van der Waals surface area contributed by atoms with E-state index in [0.717, 1.165) is 89.9 Å². The molecule has 0 aliphatic heterocycles. The number of carbonyl (C=O) groups is 2. The fraction of sp³-hybridized carbons (Fsp3) is 0.923. The highest BCUT2D eigenvalue weighted by Crippen LogP contribution is 2.43. The molecule has 35 heavy (non-hydrogen) atoms. The molecule has 0 aliphatic carbocycles. The van der Waals surface area contributed by atoms with Gasteiger partial charge in [-0.05, 0) is 38.5 Å². The van der Waals surface area contributed by atoms with Crippen molar-refractivity contribution in [2.75, 3.05) is 26.4 Å². The van der Waals surface area contributed by atoms with Crippen molar-refractivity contribution in [2.24, 2.45) is 0 Å². The molecule has 0 aromatic rings. The molecule has 0 unspecified atom stereocenters. The Bertz CT molecular complexity index is 511. The zero-order valence-electron chi connectivity index (χ0n) is 22.3. The minimum absolute atomic E-state index is 0.103. The Labute approximate surface area is 213 Å². The van der Waals surface area contributed by atoms with Gasteiger partial charge < -0.3 is 14.4 Å². The van der Waals surface area contributed by atoms with E-state index in [0.29, 0.717) is 38.9 Å². The lowest BCUT2D eigenvalue weighted by Crippen LogP contribution is -2.05. The largest absolute Gasteiger partial charge is 0.472 e. The Morgan fingerprint density at radius 1 is 0.543 bits per heavy atom. The van der Waals surface area contributed by atoms with Gasteiger partial charge >= 0.3 is 19.8 Å². The quantitative estimate of drug-likeness (QED) is 0.0718. The highest BCUT2D eigenvalue weighted by molar-refractivity contribution is 7.47. The number of unbranched alkanes of at least 4 members (excludes halogenated alkanes) is 12. The van der Waals surface area contributed by atoms with Crippen LogP contribution in [0.4, 0.5) is 0 Å². The van der Waals surface area contributed by atoms with E-state index in [1.165, 1.54) is 0 Å². The molecule has 0 fully saturated rings. The van der Waals surface area contributed by atoms with Crippen molar-refractivity contribution >= 4 is 19.8 Å². The highest BCUT2D eigenvalue weighted by atomic mass is 31.2. The average molecular weight is 523 g/mol. The van der Waals surface area contributed by atoms with Crippen molar-refractivity contribution in [1.82, 2.24) is 0 Å². The number of ether oxygens (including phenoxy) is 2. The van der Waals surface area contributed by atoms with Crippen LogP contribution in [-0.4, -0.2) is 43.3 Å². The molecule has 0 saturated carbocycles. The van der Waals surface area contributed by atoms with Crippen LogP contribution in [0.1, 0.15) is 129 Å². The first-order valence-electron chi connectivity index (χ1n) is 13.8. The van der Waals surface area contributed by atoms with E-state index in [1.807, 2.05) is 0 Å². The van der Waals surface area contributed by atoms with E-state index in [-0.39, 0.29) is 25.2 Å². The first-order chi connectivity index (χ1) is 16.9. The SMILES string of the molecule is CCCCC(=O)OCCCCCCCCOP(=O)(O)OCCCCCCCCOC(=O)CCCC. The predicted molar refractivity (Wildman–Crippen MR) is 138 cm³/mol. The van der Waals surface area contributed by atoms with Gasteiger partial charge in [-0.1, -0.05) is 78.1 Å². The van der Waals surface area contributed by atoms with Crippen molar-refractivity contribution in [3.8, 4) is 0 Å². The first kappa shape index (κ1) is 34.0. The molecule has 0 amide bonds.